The van der Waals surface area contributed by atoms with Gasteiger partial charge in [0.1, 0.15) is 5.75 Å². The molecule has 0 spiro atoms. The number of anilines is 1. The van der Waals surface area contributed by atoms with E-state index in [1.165, 1.54) is 0 Å². The zero-order valence-electron chi connectivity index (χ0n) is 12.5. The SMILES string of the molecule is Cc1ccc(OCCC(=O)Nc2nc(C(F)(F)F)cs2)cc1C. The van der Waals surface area contributed by atoms with Gasteiger partial charge in [0.05, 0.1) is 13.0 Å². The molecule has 0 unspecified atom stereocenters. The van der Waals surface area contributed by atoms with Gasteiger partial charge in [-0.25, -0.2) is 4.98 Å². The van der Waals surface area contributed by atoms with Gasteiger partial charge in [0.15, 0.2) is 10.8 Å². The lowest BCUT2D eigenvalue weighted by molar-refractivity contribution is -0.140. The normalized spacial score (nSPS) is 11.3. The molecule has 4 nitrogen and oxygen atoms in total. The smallest absolute Gasteiger partial charge is 0.434 e. The van der Waals surface area contributed by atoms with Crippen molar-refractivity contribution < 1.29 is 22.7 Å². The number of ether oxygens (including phenoxy) is 1. The van der Waals surface area contributed by atoms with Crippen LogP contribution in [0.3, 0.4) is 0 Å². The second-order valence-electron chi connectivity index (χ2n) is 4.93. The van der Waals surface area contributed by atoms with E-state index in [1.807, 2.05) is 26.0 Å². The molecule has 0 saturated heterocycles. The van der Waals surface area contributed by atoms with Crippen LogP contribution < -0.4 is 10.1 Å². The molecule has 1 aromatic carbocycles. The molecule has 1 amide bonds. The Labute approximate surface area is 135 Å². The third-order valence-electron chi connectivity index (χ3n) is 3.12. The topological polar surface area (TPSA) is 51.2 Å². The molecule has 0 atom stereocenters. The van der Waals surface area contributed by atoms with Crippen molar-refractivity contribution in [3.63, 3.8) is 0 Å². The minimum absolute atomic E-state index is 0.0217. The number of aromatic nitrogens is 1. The van der Waals surface area contributed by atoms with E-state index >= 15 is 0 Å². The summed E-state index contributed by atoms with van der Waals surface area (Å²) < 4.78 is 42.7. The molecule has 0 radical (unpaired) electrons. The summed E-state index contributed by atoms with van der Waals surface area (Å²) in [6.45, 7) is 4.07. The monoisotopic (exact) mass is 344 g/mol. The van der Waals surface area contributed by atoms with Crippen LogP contribution in [0.1, 0.15) is 23.2 Å². The number of hydrogen-bond donors (Lipinski definition) is 1. The van der Waals surface area contributed by atoms with Gasteiger partial charge in [-0.2, -0.15) is 13.2 Å². The van der Waals surface area contributed by atoms with E-state index in [-0.39, 0.29) is 18.2 Å². The maximum atomic E-state index is 12.4. The molecule has 0 bridgehead atoms. The summed E-state index contributed by atoms with van der Waals surface area (Å²) in [5, 5.41) is 3.12. The lowest BCUT2D eigenvalue weighted by Gasteiger charge is -2.08. The number of aryl methyl sites for hydroxylation is 2. The van der Waals surface area contributed by atoms with Gasteiger partial charge in [-0.15, -0.1) is 11.3 Å². The highest BCUT2D eigenvalue weighted by Gasteiger charge is 2.33. The first-order valence-electron chi connectivity index (χ1n) is 6.78. The fraction of sp³-hybridized carbons (Fsp3) is 0.333. The second-order valence-corrected chi connectivity index (χ2v) is 5.79. The molecule has 2 aromatic rings. The van der Waals surface area contributed by atoms with Crippen LogP contribution in [0.15, 0.2) is 23.6 Å². The Kier molecular flexibility index (Phi) is 5.25. The number of carbonyl (C=O) groups is 1. The van der Waals surface area contributed by atoms with Gasteiger partial charge in [0, 0.05) is 5.38 Å². The number of thiazole rings is 1. The lowest BCUT2D eigenvalue weighted by atomic mass is 10.1. The molecule has 0 saturated carbocycles. The highest BCUT2D eigenvalue weighted by molar-refractivity contribution is 7.13. The van der Waals surface area contributed by atoms with Gasteiger partial charge in [0.2, 0.25) is 5.91 Å². The average molecular weight is 344 g/mol. The van der Waals surface area contributed by atoms with E-state index in [9.17, 15) is 18.0 Å². The minimum Gasteiger partial charge on any atom is -0.493 e. The first-order valence-corrected chi connectivity index (χ1v) is 7.66. The van der Waals surface area contributed by atoms with Crippen LogP contribution in [0, 0.1) is 13.8 Å². The lowest BCUT2D eigenvalue weighted by Crippen LogP contribution is -2.15. The predicted molar refractivity (Wildman–Crippen MR) is 81.8 cm³/mol. The molecular formula is C15H15F3N2O2S. The maximum Gasteiger partial charge on any atom is 0.434 e. The zero-order chi connectivity index (χ0) is 17.0. The van der Waals surface area contributed by atoms with Gasteiger partial charge in [-0.3, -0.25) is 4.79 Å². The van der Waals surface area contributed by atoms with Crippen molar-refractivity contribution in [3.05, 3.63) is 40.4 Å². The van der Waals surface area contributed by atoms with Gasteiger partial charge in [-0.05, 0) is 37.1 Å². The highest BCUT2D eigenvalue weighted by atomic mass is 32.1. The average Bonchev–Trinajstić information content (AvgIpc) is 2.91. The van der Waals surface area contributed by atoms with Crippen molar-refractivity contribution in [3.8, 4) is 5.75 Å². The van der Waals surface area contributed by atoms with Crippen LogP contribution in [0.2, 0.25) is 0 Å². The highest BCUT2D eigenvalue weighted by Crippen LogP contribution is 2.31. The van der Waals surface area contributed by atoms with Crippen molar-refractivity contribution in [1.82, 2.24) is 4.98 Å². The zero-order valence-corrected chi connectivity index (χ0v) is 13.3. The molecule has 0 fully saturated rings. The van der Waals surface area contributed by atoms with Crippen LogP contribution in [-0.4, -0.2) is 17.5 Å². The van der Waals surface area contributed by atoms with Crippen LogP contribution in [-0.2, 0) is 11.0 Å². The number of alkyl halides is 3. The Morgan fingerprint density at radius 2 is 2.04 bits per heavy atom. The molecule has 23 heavy (non-hydrogen) atoms. The summed E-state index contributed by atoms with van der Waals surface area (Å²) in [4.78, 5) is 15.0. The summed E-state index contributed by atoms with van der Waals surface area (Å²) in [6, 6.07) is 5.58. The van der Waals surface area contributed by atoms with Crippen molar-refractivity contribution >= 4 is 22.4 Å². The molecule has 0 aliphatic heterocycles. The number of halogens is 3. The molecule has 1 N–H and O–H groups in total. The third kappa shape index (κ3) is 4.95. The molecular weight excluding hydrogens is 329 g/mol. The van der Waals surface area contributed by atoms with E-state index in [2.05, 4.69) is 10.3 Å². The fourth-order valence-electron chi connectivity index (χ4n) is 1.71. The third-order valence-corrected chi connectivity index (χ3v) is 3.87. The van der Waals surface area contributed by atoms with Crippen molar-refractivity contribution in [2.75, 3.05) is 11.9 Å². The molecule has 0 aliphatic rings. The number of carbonyl (C=O) groups excluding carboxylic acids is 1. The number of amides is 1. The van der Waals surface area contributed by atoms with E-state index in [0.29, 0.717) is 5.75 Å². The Hall–Kier alpha value is -2.09. The maximum absolute atomic E-state index is 12.4. The second kappa shape index (κ2) is 6.99. The Morgan fingerprint density at radius 3 is 2.65 bits per heavy atom. The summed E-state index contributed by atoms with van der Waals surface area (Å²) in [7, 11) is 0. The fourth-order valence-corrected chi connectivity index (χ4v) is 2.44. The van der Waals surface area contributed by atoms with E-state index < -0.39 is 17.8 Å². The van der Waals surface area contributed by atoms with Gasteiger partial charge in [-0.1, -0.05) is 6.07 Å². The minimum atomic E-state index is -4.51. The van der Waals surface area contributed by atoms with Crippen molar-refractivity contribution in [2.24, 2.45) is 0 Å². The Morgan fingerprint density at radius 1 is 1.30 bits per heavy atom. The molecule has 8 heteroatoms. The molecule has 1 aromatic heterocycles. The molecule has 1 heterocycles. The van der Waals surface area contributed by atoms with Crippen molar-refractivity contribution in [1.29, 1.82) is 0 Å². The van der Waals surface area contributed by atoms with Crippen LogP contribution in [0.4, 0.5) is 18.3 Å². The summed E-state index contributed by atoms with van der Waals surface area (Å²) in [5.74, 6) is 0.200. The largest absolute Gasteiger partial charge is 0.493 e. The van der Waals surface area contributed by atoms with Gasteiger partial charge < -0.3 is 10.1 Å². The Bertz CT molecular complexity index is 698. The standard InChI is InChI=1S/C15H15F3N2O2S/c1-9-3-4-11(7-10(9)2)22-6-5-13(21)20-14-19-12(8-23-14)15(16,17)18/h3-4,7-8H,5-6H2,1-2H3,(H,19,20,21). The molecule has 124 valence electrons. The quantitative estimate of drug-likeness (QED) is 0.885. The number of nitrogens with zero attached hydrogens (tertiary/aromatic N) is 1. The summed E-state index contributed by atoms with van der Waals surface area (Å²) in [6.07, 6.45) is -4.49. The van der Waals surface area contributed by atoms with Crippen LogP contribution >= 0.6 is 11.3 Å². The van der Waals surface area contributed by atoms with Crippen LogP contribution in [0.25, 0.3) is 0 Å². The van der Waals surface area contributed by atoms with E-state index in [0.717, 1.165) is 27.8 Å². The molecule has 0 aliphatic carbocycles. The van der Waals surface area contributed by atoms with E-state index in [4.69, 9.17) is 4.74 Å². The number of nitrogens with one attached hydrogen (secondary N) is 1. The van der Waals surface area contributed by atoms with Crippen LogP contribution in [0.5, 0.6) is 5.75 Å². The number of benzene rings is 1. The number of hydrogen-bond acceptors (Lipinski definition) is 4. The number of rotatable bonds is 5. The Balaban J connectivity index is 1.81. The van der Waals surface area contributed by atoms with Crippen molar-refractivity contribution in [2.45, 2.75) is 26.4 Å². The summed E-state index contributed by atoms with van der Waals surface area (Å²) in [5.41, 5.74) is 1.21. The predicted octanol–water partition coefficient (Wildman–Crippen LogP) is 4.19. The van der Waals surface area contributed by atoms with E-state index in [1.54, 1.807) is 6.07 Å². The van der Waals surface area contributed by atoms with Gasteiger partial charge in [0.25, 0.3) is 0 Å². The molecule has 2 rings (SSSR count). The summed E-state index contributed by atoms with van der Waals surface area (Å²) >= 11 is 0.734. The van der Waals surface area contributed by atoms with Gasteiger partial charge >= 0.3 is 6.18 Å². The first kappa shape index (κ1) is 17.3. The first-order chi connectivity index (χ1) is 10.8.